The summed E-state index contributed by atoms with van der Waals surface area (Å²) in [6.45, 7) is 1.32. The summed E-state index contributed by atoms with van der Waals surface area (Å²) in [5, 5.41) is 2.73. The van der Waals surface area contributed by atoms with Crippen LogP contribution < -0.4 is 5.32 Å². The fourth-order valence-corrected chi connectivity index (χ4v) is 3.11. The molecule has 0 aliphatic carbocycles. The zero-order chi connectivity index (χ0) is 21.2. The van der Waals surface area contributed by atoms with Crippen LogP contribution in [0.1, 0.15) is 15.9 Å². The third kappa shape index (κ3) is 6.03. The third-order valence-electron chi connectivity index (χ3n) is 4.79. The number of rotatable bonds is 9. The monoisotopic (exact) mass is 402 g/mol. The molecule has 3 aromatic carbocycles. The molecule has 1 N–H and O–H groups in total. The SMILES string of the molecule is COCCN(Cc1ccccc1)C(=O)CNC(=O)c1ccc(-c2ccccc2)cc1. The molecule has 30 heavy (non-hydrogen) atoms. The van der Waals surface area contributed by atoms with E-state index in [0.29, 0.717) is 25.3 Å². The second-order valence-corrected chi connectivity index (χ2v) is 6.92. The minimum atomic E-state index is -0.269. The Labute approximate surface area is 177 Å². The van der Waals surface area contributed by atoms with Crippen molar-refractivity contribution in [2.75, 3.05) is 26.8 Å². The lowest BCUT2D eigenvalue weighted by atomic mass is 10.0. The normalized spacial score (nSPS) is 10.4. The molecular weight excluding hydrogens is 376 g/mol. The summed E-state index contributed by atoms with van der Waals surface area (Å²) in [4.78, 5) is 26.9. The quantitative estimate of drug-likeness (QED) is 0.593. The van der Waals surface area contributed by atoms with Crippen molar-refractivity contribution in [1.82, 2.24) is 10.2 Å². The molecule has 0 atom stereocenters. The van der Waals surface area contributed by atoms with Gasteiger partial charge in [0, 0.05) is 25.8 Å². The second-order valence-electron chi connectivity index (χ2n) is 6.92. The Balaban J connectivity index is 1.58. The lowest BCUT2D eigenvalue weighted by molar-refractivity contribution is -0.131. The molecular formula is C25H26N2O3. The molecule has 0 bridgehead atoms. The standard InChI is InChI=1S/C25H26N2O3/c1-30-17-16-27(19-20-8-4-2-5-9-20)24(28)18-26-25(29)23-14-12-22(13-15-23)21-10-6-3-7-11-21/h2-15H,16-19H2,1H3,(H,26,29). The molecule has 5 heteroatoms. The zero-order valence-electron chi connectivity index (χ0n) is 17.1. The first-order valence-electron chi connectivity index (χ1n) is 9.91. The number of ether oxygens (including phenoxy) is 1. The van der Waals surface area contributed by atoms with Crippen LogP contribution in [0.25, 0.3) is 11.1 Å². The first-order chi connectivity index (χ1) is 14.7. The molecule has 0 fully saturated rings. The van der Waals surface area contributed by atoms with Crippen molar-refractivity contribution in [3.63, 3.8) is 0 Å². The molecule has 5 nitrogen and oxygen atoms in total. The number of hydrogen-bond acceptors (Lipinski definition) is 3. The Kier molecular flexibility index (Phi) is 7.75. The average molecular weight is 402 g/mol. The zero-order valence-corrected chi connectivity index (χ0v) is 17.1. The van der Waals surface area contributed by atoms with Gasteiger partial charge in [0.05, 0.1) is 13.2 Å². The second kappa shape index (κ2) is 10.9. The number of benzene rings is 3. The Hall–Kier alpha value is -3.44. The van der Waals surface area contributed by atoms with E-state index < -0.39 is 0 Å². The highest BCUT2D eigenvalue weighted by molar-refractivity contribution is 5.96. The van der Waals surface area contributed by atoms with Crippen molar-refractivity contribution >= 4 is 11.8 Å². The first-order valence-corrected chi connectivity index (χ1v) is 9.91. The molecule has 3 aromatic rings. The topological polar surface area (TPSA) is 58.6 Å². The molecule has 0 aliphatic heterocycles. The van der Waals surface area contributed by atoms with Crippen molar-refractivity contribution in [3.8, 4) is 11.1 Å². The average Bonchev–Trinajstić information content (AvgIpc) is 2.81. The number of nitrogens with zero attached hydrogens (tertiary/aromatic N) is 1. The van der Waals surface area contributed by atoms with Crippen molar-refractivity contribution in [1.29, 1.82) is 0 Å². The van der Waals surface area contributed by atoms with Crippen molar-refractivity contribution in [3.05, 3.63) is 96.1 Å². The smallest absolute Gasteiger partial charge is 0.251 e. The maximum atomic E-state index is 12.7. The number of carbonyl (C=O) groups is 2. The summed E-state index contributed by atoms with van der Waals surface area (Å²) in [6, 6.07) is 27.1. The summed E-state index contributed by atoms with van der Waals surface area (Å²) >= 11 is 0. The van der Waals surface area contributed by atoms with Crippen LogP contribution >= 0.6 is 0 Å². The van der Waals surface area contributed by atoms with E-state index in [9.17, 15) is 9.59 Å². The lowest BCUT2D eigenvalue weighted by Gasteiger charge is -2.22. The van der Waals surface area contributed by atoms with Crippen LogP contribution in [0.15, 0.2) is 84.9 Å². The van der Waals surface area contributed by atoms with Gasteiger partial charge in [-0.25, -0.2) is 0 Å². The molecule has 0 heterocycles. The molecule has 0 aromatic heterocycles. The maximum Gasteiger partial charge on any atom is 0.251 e. The van der Waals surface area contributed by atoms with Crippen molar-refractivity contribution in [2.45, 2.75) is 6.54 Å². The van der Waals surface area contributed by atoms with E-state index >= 15 is 0 Å². The highest BCUT2D eigenvalue weighted by atomic mass is 16.5. The van der Waals surface area contributed by atoms with Gasteiger partial charge in [-0.3, -0.25) is 9.59 Å². The number of carbonyl (C=O) groups excluding carboxylic acids is 2. The van der Waals surface area contributed by atoms with E-state index in [0.717, 1.165) is 16.7 Å². The van der Waals surface area contributed by atoms with Crippen LogP contribution in [0.3, 0.4) is 0 Å². The van der Waals surface area contributed by atoms with Gasteiger partial charge in [0.25, 0.3) is 5.91 Å². The third-order valence-corrected chi connectivity index (χ3v) is 4.79. The van der Waals surface area contributed by atoms with Gasteiger partial charge in [-0.05, 0) is 28.8 Å². The molecule has 0 saturated carbocycles. The summed E-state index contributed by atoms with van der Waals surface area (Å²) in [5.41, 5.74) is 3.69. The summed E-state index contributed by atoms with van der Waals surface area (Å²) in [7, 11) is 1.60. The predicted octanol–water partition coefficient (Wildman–Crippen LogP) is 3.76. The summed E-state index contributed by atoms with van der Waals surface area (Å²) in [5.74, 6) is -0.417. The van der Waals surface area contributed by atoms with Crippen LogP contribution in [0.5, 0.6) is 0 Å². The van der Waals surface area contributed by atoms with E-state index in [2.05, 4.69) is 5.32 Å². The molecule has 0 aliphatic rings. The summed E-state index contributed by atoms with van der Waals surface area (Å²) < 4.78 is 5.12. The number of amides is 2. The van der Waals surface area contributed by atoms with Crippen molar-refractivity contribution < 1.29 is 14.3 Å². The van der Waals surface area contributed by atoms with Gasteiger partial charge >= 0.3 is 0 Å². The molecule has 0 spiro atoms. The van der Waals surface area contributed by atoms with Crippen LogP contribution in [-0.4, -0.2) is 43.5 Å². The van der Waals surface area contributed by atoms with Crippen LogP contribution in [0, 0.1) is 0 Å². The van der Waals surface area contributed by atoms with E-state index in [1.165, 1.54) is 0 Å². The van der Waals surface area contributed by atoms with Gasteiger partial charge in [0.2, 0.25) is 5.91 Å². The number of methoxy groups -OCH3 is 1. The van der Waals surface area contributed by atoms with Gasteiger partial charge in [-0.15, -0.1) is 0 Å². The number of nitrogens with one attached hydrogen (secondary N) is 1. The minimum absolute atomic E-state index is 0.0597. The van der Waals surface area contributed by atoms with Gasteiger partial charge in [0.15, 0.2) is 0 Å². The maximum absolute atomic E-state index is 12.7. The van der Waals surface area contributed by atoms with Crippen molar-refractivity contribution in [2.24, 2.45) is 0 Å². The van der Waals surface area contributed by atoms with E-state index in [-0.39, 0.29) is 18.4 Å². The Morgan fingerprint density at radius 2 is 1.43 bits per heavy atom. The Morgan fingerprint density at radius 3 is 2.07 bits per heavy atom. The van der Waals surface area contributed by atoms with E-state index in [1.807, 2.05) is 72.8 Å². The Bertz CT molecular complexity index is 941. The molecule has 3 rings (SSSR count). The largest absolute Gasteiger partial charge is 0.383 e. The molecule has 0 radical (unpaired) electrons. The van der Waals surface area contributed by atoms with Gasteiger partial charge in [-0.1, -0.05) is 72.8 Å². The predicted molar refractivity (Wildman–Crippen MR) is 118 cm³/mol. The van der Waals surface area contributed by atoms with Gasteiger partial charge < -0.3 is 15.0 Å². The highest BCUT2D eigenvalue weighted by Gasteiger charge is 2.15. The Morgan fingerprint density at radius 1 is 0.833 bits per heavy atom. The van der Waals surface area contributed by atoms with Crippen LogP contribution in [-0.2, 0) is 16.1 Å². The molecule has 0 saturated heterocycles. The van der Waals surface area contributed by atoms with Crippen LogP contribution in [0.4, 0.5) is 0 Å². The fourth-order valence-electron chi connectivity index (χ4n) is 3.11. The number of hydrogen-bond donors (Lipinski definition) is 1. The fraction of sp³-hybridized carbons (Fsp3) is 0.200. The molecule has 154 valence electrons. The van der Waals surface area contributed by atoms with E-state index in [4.69, 9.17) is 4.74 Å². The minimum Gasteiger partial charge on any atom is -0.383 e. The summed E-state index contributed by atoms with van der Waals surface area (Å²) in [6.07, 6.45) is 0. The first kappa shape index (κ1) is 21.3. The highest BCUT2D eigenvalue weighted by Crippen LogP contribution is 2.19. The molecule has 0 unspecified atom stereocenters. The lowest BCUT2D eigenvalue weighted by Crippen LogP contribution is -2.41. The van der Waals surface area contributed by atoms with E-state index in [1.54, 1.807) is 24.1 Å². The van der Waals surface area contributed by atoms with Crippen LogP contribution in [0.2, 0.25) is 0 Å². The van der Waals surface area contributed by atoms with Gasteiger partial charge in [-0.2, -0.15) is 0 Å². The molecule has 2 amide bonds. The van der Waals surface area contributed by atoms with Gasteiger partial charge in [0.1, 0.15) is 0 Å².